The summed E-state index contributed by atoms with van der Waals surface area (Å²) < 4.78 is 5.01. The van der Waals surface area contributed by atoms with E-state index in [0.29, 0.717) is 28.3 Å². The lowest BCUT2D eigenvalue weighted by Gasteiger charge is -2.06. The standard InChI is InChI=1S/C11H11Cl2NO2/c12-9-4-3-8(5-10(9)13)14-11(15)16-6-7-1-2-7/h3-5,7H,1-2,6H2,(H,14,15). The number of carbonyl (C=O) groups is 1. The molecule has 0 atom stereocenters. The second kappa shape index (κ2) is 4.93. The molecule has 1 saturated carbocycles. The number of nitrogens with one attached hydrogen (secondary N) is 1. The Kier molecular flexibility index (Phi) is 3.56. The molecule has 5 heteroatoms. The largest absolute Gasteiger partial charge is 0.449 e. The number of benzene rings is 1. The Bertz CT molecular complexity index is 405. The molecule has 86 valence electrons. The molecule has 1 N–H and O–H groups in total. The van der Waals surface area contributed by atoms with Crippen molar-refractivity contribution >= 4 is 35.0 Å². The Morgan fingerprint density at radius 2 is 2.12 bits per heavy atom. The van der Waals surface area contributed by atoms with E-state index in [9.17, 15) is 4.79 Å². The quantitative estimate of drug-likeness (QED) is 0.893. The molecule has 1 aromatic rings. The Morgan fingerprint density at radius 3 is 2.75 bits per heavy atom. The first-order valence-electron chi connectivity index (χ1n) is 5.04. The van der Waals surface area contributed by atoms with Crippen molar-refractivity contribution in [1.82, 2.24) is 0 Å². The lowest BCUT2D eigenvalue weighted by molar-refractivity contribution is 0.156. The molecule has 0 unspecified atom stereocenters. The number of halogens is 2. The second-order valence-corrected chi connectivity index (χ2v) is 4.61. The Hall–Kier alpha value is -0.930. The SMILES string of the molecule is O=C(Nc1ccc(Cl)c(Cl)c1)OCC1CC1. The number of ether oxygens (including phenoxy) is 1. The fraction of sp³-hybridized carbons (Fsp3) is 0.364. The van der Waals surface area contributed by atoms with E-state index >= 15 is 0 Å². The predicted octanol–water partition coefficient (Wildman–Crippen LogP) is 3.95. The minimum Gasteiger partial charge on any atom is -0.449 e. The van der Waals surface area contributed by atoms with Gasteiger partial charge in [0.05, 0.1) is 16.7 Å². The molecule has 1 amide bonds. The third kappa shape index (κ3) is 3.29. The summed E-state index contributed by atoms with van der Waals surface area (Å²) in [7, 11) is 0. The fourth-order valence-corrected chi connectivity index (χ4v) is 1.50. The van der Waals surface area contributed by atoms with Gasteiger partial charge in [-0.15, -0.1) is 0 Å². The van der Waals surface area contributed by atoms with E-state index in [0.717, 1.165) is 12.8 Å². The van der Waals surface area contributed by atoms with Crippen molar-refractivity contribution < 1.29 is 9.53 Å². The first kappa shape index (κ1) is 11.6. The molecule has 1 fully saturated rings. The number of carbonyl (C=O) groups excluding carboxylic acids is 1. The summed E-state index contributed by atoms with van der Waals surface area (Å²) in [4.78, 5) is 11.3. The van der Waals surface area contributed by atoms with Crippen LogP contribution in [-0.4, -0.2) is 12.7 Å². The molecule has 0 aliphatic heterocycles. The maximum absolute atomic E-state index is 11.3. The highest BCUT2D eigenvalue weighted by molar-refractivity contribution is 6.42. The van der Waals surface area contributed by atoms with Gasteiger partial charge in [0.25, 0.3) is 0 Å². The van der Waals surface area contributed by atoms with Crippen molar-refractivity contribution in [2.75, 3.05) is 11.9 Å². The zero-order chi connectivity index (χ0) is 11.5. The normalized spacial score (nSPS) is 14.6. The minimum atomic E-state index is -0.453. The Labute approximate surface area is 104 Å². The molecule has 0 heterocycles. The number of hydrogen-bond acceptors (Lipinski definition) is 2. The van der Waals surface area contributed by atoms with Gasteiger partial charge in [-0.05, 0) is 37.0 Å². The maximum atomic E-state index is 11.3. The molecule has 0 saturated heterocycles. The van der Waals surface area contributed by atoms with Crippen LogP contribution >= 0.6 is 23.2 Å². The lowest BCUT2D eigenvalue weighted by Crippen LogP contribution is -2.14. The van der Waals surface area contributed by atoms with Crippen LogP contribution in [0.4, 0.5) is 10.5 Å². The van der Waals surface area contributed by atoms with Crippen LogP contribution in [0.3, 0.4) is 0 Å². The third-order valence-corrected chi connectivity index (χ3v) is 3.05. The monoisotopic (exact) mass is 259 g/mol. The number of amides is 1. The van der Waals surface area contributed by atoms with E-state index in [2.05, 4.69) is 5.32 Å². The van der Waals surface area contributed by atoms with Crippen molar-refractivity contribution in [3.05, 3.63) is 28.2 Å². The topological polar surface area (TPSA) is 38.3 Å². The number of rotatable bonds is 3. The van der Waals surface area contributed by atoms with Crippen LogP contribution in [-0.2, 0) is 4.74 Å². The smallest absolute Gasteiger partial charge is 0.411 e. The summed E-state index contributed by atoms with van der Waals surface area (Å²) >= 11 is 11.6. The van der Waals surface area contributed by atoms with E-state index < -0.39 is 6.09 Å². The number of hydrogen-bond donors (Lipinski definition) is 1. The fourth-order valence-electron chi connectivity index (χ4n) is 1.21. The summed E-state index contributed by atoms with van der Waals surface area (Å²) in [6, 6.07) is 4.88. The average molecular weight is 260 g/mol. The highest BCUT2D eigenvalue weighted by Crippen LogP contribution is 2.29. The number of anilines is 1. The lowest BCUT2D eigenvalue weighted by atomic mass is 10.3. The van der Waals surface area contributed by atoms with Gasteiger partial charge in [-0.25, -0.2) is 4.79 Å². The van der Waals surface area contributed by atoms with Crippen LogP contribution in [0.25, 0.3) is 0 Å². The molecule has 0 aromatic heterocycles. The zero-order valence-electron chi connectivity index (χ0n) is 8.50. The van der Waals surface area contributed by atoms with Crippen LogP contribution < -0.4 is 5.32 Å². The summed E-state index contributed by atoms with van der Waals surface area (Å²) in [5.74, 6) is 0.555. The van der Waals surface area contributed by atoms with E-state index in [1.807, 2.05) is 0 Å². The van der Waals surface area contributed by atoms with Gasteiger partial charge in [0, 0.05) is 5.69 Å². The van der Waals surface area contributed by atoms with Gasteiger partial charge in [-0.1, -0.05) is 23.2 Å². The summed E-state index contributed by atoms with van der Waals surface area (Å²) in [5.41, 5.74) is 0.579. The van der Waals surface area contributed by atoms with Crippen LogP contribution in [0.5, 0.6) is 0 Å². The molecule has 0 spiro atoms. The molecule has 3 nitrogen and oxygen atoms in total. The summed E-state index contributed by atoms with van der Waals surface area (Å²) in [6.07, 6.45) is 1.85. The van der Waals surface area contributed by atoms with E-state index in [-0.39, 0.29) is 0 Å². The van der Waals surface area contributed by atoms with Gasteiger partial charge in [0.2, 0.25) is 0 Å². The highest BCUT2D eigenvalue weighted by atomic mass is 35.5. The van der Waals surface area contributed by atoms with Gasteiger partial charge in [0.1, 0.15) is 0 Å². The van der Waals surface area contributed by atoms with Crippen LogP contribution in [0.2, 0.25) is 10.0 Å². The zero-order valence-corrected chi connectivity index (χ0v) is 10.0. The molecule has 16 heavy (non-hydrogen) atoms. The van der Waals surface area contributed by atoms with Crippen molar-refractivity contribution in [3.8, 4) is 0 Å². The van der Waals surface area contributed by atoms with Gasteiger partial charge in [-0.2, -0.15) is 0 Å². The van der Waals surface area contributed by atoms with Gasteiger partial charge in [-0.3, -0.25) is 5.32 Å². The van der Waals surface area contributed by atoms with Crippen molar-refractivity contribution in [3.63, 3.8) is 0 Å². The van der Waals surface area contributed by atoms with E-state index in [1.54, 1.807) is 18.2 Å². The predicted molar refractivity (Wildman–Crippen MR) is 64.2 cm³/mol. The summed E-state index contributed by atoms with van der Waals surface area (Å²) in [6.45, 7) is 0.493. The van der Waals surface area contributed by atoms with Crippen molar-refractivity contribution in [2.24, 2.45) is 5.92 Å². The first-order valence-corrected chi connectivity index (χ1v) is 5.79. The van der Waals surface area contributed by atoms with Crippen molar-refractivity contribution in [2.45, 2.75) is 12.8 Å². The van der Waals surface area contributed by atoms with Crippen LogP contribution in [0.15, 0.2) is 18.2 Å². The second-order valence-electron chi connectivity index (χ2n) is 3.80. The van der Waals surface area contributed by atoms with Crippen LogP contribution in [0, 0.1) is 5.92 Å². The van der Waals surface area contributed by atoms with Crippen molar-refractivity contribution in [1.29, 1.82) is 0 Å². The Morgan fingerprint density at radius 1 is 1.38 bits per heavy atom. The molecule has 1 aromatic carbocycles. The Balaban J connectivity index is 1.86. The molecule has 0 radical (unpaired) electrons. The molecule has 2 rings (SSSR count). The minimum absolute atomic E-state index is 0.404. The van der Waals surface area contributed by atoms with E-state index in [4.69, 9.17) is 27.9 Å². The van der Waals surface area contributed by atoms with Crippen LogP contribution in [0.1, 0.15) is 12.8 Å². The molecular formula is C11H11Cl2NO2. The first-order chi connectivity index (χ1) is 7.65. The summed E-state index contributed by atoms with van der Waals surface area (Å²) in [5, 5.41) is 3.45. The molecule has 1 aliphatic carbocycles. The molecule has 1 aliphatic rings. The van der Waals surface area contributed by atoms with Gasteiger partial charge < -0.3 is 4.74 Å². The molecule has 0 bridgehead atoms. The highest BCUT2D eigenvalue weighted by Gasteiger charge is 2.22. The average Bonchev–Trinajstić information content (AvgIpc) is 3.04. The van der Waals surface area contributed by atoms with E-state index in [1.165, 1.54) is 0 Å². The molecular weight excluding hydrogens is 249 g/mol. The maximum Gasteiger partial charge on any atom is 0.411 e. The third-order valence-electron chi connectivity index (χ3n) is 2.31. The van der Waals surface area contributed by atoms with Gasteiger partial charge in [0.15, 0.2) is 0 Å². The van der Waals surface area contributed by atoms with Gasteiger partial charge >= 0.3 is 6.09 Å².